The summed E-state index contributed by atoms with van der Waals surface area (Å²) in [6.45, 7) is 1.86. The van der Waals surface area contributed by atoms with Gasteiger partial charge in [0.05, 0.1) is 23.3 Å². The fourth-order valence-corrected chi connectivity index (χ4v) is 2.90. The molecule has 0 atom stereocenters. The molecular formula is C20H19ClN4O4. The van der Waals surface area contributed by atoms with E-state index in [2.05, 4.69) is 10.3 Å². The van der Waals surface area contributed by atoms with E-state index >= 15 is 0 Å². The molecule has 0 fully saturated rings. The van der Waals surface area contributed by atoms with Crippen molar-refractivity contribution >= 4 is 40.4 Å². The number of rotatable bonds is 5. The summed E-state index contributed by atoms with van der Waals surface area (Å²) in [5.41, 5.74) is 0.316. The van der Waals surface area contributed by atoms with Crippen LogP contribution in [-0.2, 0) is 18.8 Å². The molecule has 0 radical (unpaired) electrons. The highest BCUT2D eigenvalue weighted by Crippen LogP contribution is 2.17. The molecule has 0 unspecified atom stereocenters. The number of hydrogen-bond donors (Lipinski definition) is 1. The van der Waals surface area contributed by atoms with Crippen molar-refractivity contribution in [3.63, 3.8) is 0 Å². The minimum atomic E-state index is -0.607. The molecule has 0 aliphatic carbocycles. The Morgan fingerprint density at radius 1 is 1.21 bits per heavy atom. The fourth-order valence-electron chi connectivity index (χ4n) is 2.78. The summed E-state index contributed by atoms with van der Waals surface area (Å²) in [5, 5.41) is 3.81. The number of carbonyl (C=O) groups excluding carboxylic acids is 1. The topological polar surface area (TPSA) is 95.2 Å². The normalized spacial score (nSPS) is 11.2. The third-order valence-corrected chi connectivity index (χ3v) is 4.54. The average molecular weight is 415 g/mol. The number of benzene rings is 1. The summed E-state index contributed by atoms with van der Waals surface area (Å²) in [6.07, 6.45) is 3.17. The molecule has 9 heteroatoms. The standard InChI is InChI=1S/C20H19ClN4O4/c1-4-29-19(27)14-11-15-17(24(2)20(28)25(3)18(15)26)23-16(14)9-10-22-13-7-5-12(21)6-8-13/h5-11,22H,4H2,1-3H3/b10-9+. The first-order valence-corrected chi connectivity index (χ1v) is 9.17. The van der Waals surface area contributed by atoms with Crippen LogP contribution in [0.1, 0.15) is 23.0 Å². The summed E-state index contributed by atoms with van der Waals surface area (Å²) in [7, 11) is 2.89. The van der Waals surface area contributed by atoms with E-state index in [9.17, 15) is 14.4 Å². The quantitative estimate of drug-likeness (QED) is 0.644. The Hall–Kier alpha value is -3.39. The van der Waals surface area contributed by atoms with Crippen molar-refractivity contribution in [1.29, 1.82) is 0 Å². The molecule has 1 N–H and O–H groups in total. The smallest absolute Gasteiger partial charge is 0.340 e. The van der Waals surface area contributed by atoms with Gasteiger partial charge in [0.25, 0.3) is 5.56 Å². The molecule has 3 aromatic rings. The molecule has 0 saturated carbocycles. The number of pyridine rings is 1. The van der Waals surface area contributed by atoms with Crippen LogP contribution in [0.3, 0.4) is 0 Å². The molecule has 0 saturated heterocycles. The number of nitrogens with one attached hydrogen (secondary N) is 1. The van der Waals surface area contributed by atoms with E-state index in [0.29, 0.717) is 5.02 Å². The Labute approximate surface area is 171 Å². The van der Waals surface area contributed by atoms with Crippen molar-refractivity contribution in [3.8, 4) is 0 Å². The number of anilines is 1. The lowest BCUT2D eigenvalue weighted by Crippen LogP contribution is -2.37. The van der Waals surface area contributed by atoms with Gasteiger partial charge in [0.1, 0.15) is 5.65 Å². The van der Waals surface area contributed by atoms with Crippen LogP contribution in [0.4, 0.5) is 5.69 Å². The Balaban J connectivity index is 2.12. The number of hydrogen-bond acceptors (Lipinski definition) is 6. The molecule has 0 bridgehead atoms. The van der Waals surface area contributed by atoms with Crippen molar-refractivity contribution in [1.82, 2.24) is 14.1 Å². The minimum absolute atomic E-state index is 0.129. The van der Waals surface area contributed by atoms with Crippen molar-refractivity contribution in [2.24, 2.45) is 14.1 Å². The van der Waals surface area contributed by atoms with Crippen LogP contribution in [0, 0.1) is 0 Å². The van der Waals surface area contributed by atoms with Crippen molar-refractivity contribution in [2.75, 3.05) is 11.9 Å². The van der Waals surface area contributed by atoms with Gasteiger partial charge >= 0.3 is 11.7 Å². The molecule has 2 heterocycles. The van der Waals surface area contributed by atoms with Crippen LogP contribution in [0.5, 0.6) is 0 Å². The molecule has 2 aromatic heterocycles. The second kappa shape index (κ2) is 8.32. The lowest BCUT2D eigenvalue weighted by Gasteiger charge is -2.11. The third-order valence-electron chi connectivity index (χ3n) is 4.29. The predicted molar refractivity (Wildman–Crippen MR) is 112 cm³/mol. The molecule has 0 aliphatic rings. The van der Waals surface area contributed by atoms with Gasteiger partial charge < -0.3 is 10.1 Å². The van der Waals surface area contributed by atoms with E-state index < -0.39 is 17.2 Å². The number of esters is 1. The molecule has 8 nitrogen and oxygen atoms in total. The average Bonchev–Trinajstić information content (AvgIpc) is 2.72. The van der Waals surface area contributed by atoms with Gasteiger partial charge in [0.2, 0.25) is 0 Å². The largest absolute Gasteiger partial charge is 0.462 e. The zero-order chi connectivity index (χ0) is 21.1. The monoisotopic (exact) mass is 414 g/mol. The van der Waals surface area contributed by atoms with Crippen LogP contribution in [0.2, 0.25) is 5.02 Å². The molecule has 29 heavy (non-hydrogen) atoms. The molecular weight excluding hydrogens is 396 g/mol. The molecule has 1 aromatic carbocycles. The van der Waals surface area contributed by atoms with Gasteiger partial charge in [-0.1, -0.05) is 11.6 Å². The van der Waals surface area contributed by atoms with Gasteiger partial charge in [0, 0.05) is 31.0 Å². The van der Waals surface area contributed by atoms with Crippen LogP contribution in [0.25, 0.3) is 17.1 Å². The zero-order valence-corrected chi connectivity index (χ0v) is 16.9. The lowest BCUT2D eigenvalue weighted by atomic mass is 10.1. The number of halogens is 1. The second-order valence-corrected chi connectivity index (χ2v) is 6.64. The number of fused-ring (bicyclic) bond motifs is 1. The predicted octanol–water partition coefficient (Wildman–Crippen LogP) is 2.55. The summed E-state index contributed by atoms with van der Waals surface area (Å²) in [6, 6.07) is 8.47. The summed E-state index contributed by atoms with van der Waals surface area (Å²) < 4.78 is 7.32. The van der Waals surface area contributed by atoms with Gasteiger partial charge in [-0.3, -0.25) is 13.9 Å². The molecule has 3 rings (SSSR count). The molecule has 150 valence electrons. The zero-order valence-electron chi connectivity index (χ0n) is 16.1. The van der Waals surface area contributed by atoms with Crippen molar-refractivity contribution < 1.29 is 9.53 Å². The van der Waals surface area contributed by atoms with E-state index in [1.165, 1.54) is 24.7 Å². The maximum atomic E-state index is 12.5. The Kier molecular flexibility index (Phi) is 5.84. The lowest BCUT2D eigenvalue weighted by molar-refractivity contribution is 0.0526. The first kappa shape index (κ1) is 20.3. The number of ether oxygens (including phenoxy) is 1. The van der Waals surface area contributed by atoms with E-state index in [0.717, 1.165) is 10.3 Å². The molecule has 0 spiro atoms. The van der Waals surface area contributed by atoms with Crippen molar-refractivity contribution in [3.05, 3.63) is 73.6 Å². The number of aryl methyl sites for hydroxylation is 1. The summed E-state index contributed by atoms with van der Waals surface area (Å²) in [4.78, 5) is 41.5. The van der Waals surface area contributed by atoms with Gasteiger partial charge in [0.15, 0.2) is 0 Å². The molecule has 0 aliphatic heterocycles. The van der Waals surface area contributed by atoms with Gasteiger partial charge in [-0.25, -0.2) is 14.6 Å². The maximum Gasteiger partial charge on any atom is 0.340 e. The summed E-state index contributed by atoms with van der Waals surface area (Å²) in [5.74, 6) is -0.607. The van der Waals surface area contributed by atoms with E-state index in [1.54, 1.807) is 43.5 Å². The highest BCUT2D eigenvalue weighted by molar-refractivity contribution is 6.30. The highest BCUT2D eigenvalue weighted by atomic mass is 35.5. The second-order valence-electron chi connectivity index (χ2n) is 6.20. The first-order chi connectivity index (χ1) is 13.8. The van der Waals surface area contributed by atoms with Crippen LogP contribution >= 0.6 is 11.6 Å². The highest BCUT2D eigenvalue weighted by Gasteiger charge is 2.18. The Bertz CT molecular complexity index is 1230. The molecule has 0 amide bonds. The SMILES string of the molecule is CCOC(=O)c1cc2c(=O)n(C)c(=O)n(C)c2nc1/C=C/Nc1ccc(Cl)cc1. The first-order valence-electron chi connectivity index (χ1n) is 8.80. The van der Waals surface area contributed by atoms with Crippen LogP contribution in [0.15, 0.2) is 46.1 Å². The summed E-state index contributed by atoms with van der Waals surface area (Å²) >= 11 is 5.87. The van der Waals surface area contributed by atoms with Crippen molar-refractivity contribution in [2.45, 2.75) is 6.92 Å². The van der Waals surface area contributed by atoms with Gasteiger partial charge in [-0.15, -0.1) is 0 Å². The fraction of sp³-hybridized carbons (Fsp3) is 0.200. The van der Waals surface area contributed by atoms with Gasteiger partial charge in [-0.05, 0) is 43.3 Å². The van der Waals surface area contributed by atoms with Crippen LogP contribution < -0.4 is 16.6 Å². The minimum Gasteiger partial charge on any atom is -0.462 e. The maximum absolute atomic E-state index is 12.5. The number of nitrogens with zero attached hydrogens (tertiary/aromatic N) is 3. The van der Waals surface area contributed by atoms with Gasteiger partial charge in [-0.2, -0.15) is 0 Å². The Morgan fingerprint density at radius 3 is 2.55 bits per heavy atom. The van der Waals surface area contributed by atoms with Crippen LogP contribution in [-0.4, -0.2) is 26.7 Å². The number of carbonyl (C=O) groups is 1. The van der Waals surface area contributed by atoms with E-state index in [4.69, 9.17) is 16.3 Å². The van der Waals surface area contributed by atoms with E-state index in [-0.39, 0.29) is 28.9 Å². The third kappa shape index (κ3) is 4.07. The van der Waals surface area contributed by atoms with E-state index in [1.807, 2.05) is 0 Å². The number of aromatic nitrogens is 3. The Morgan fingerprint density at radius 2 is 1.90 bits per heavy atom.